The number of ether oxygens (including phenoxy) is 1. The van der Waals surface area contributed by atoms with Crippen molar-refractivity contribution in [2.45, 2.75) is 44.2 Å². The molecule has 0 saturated carbocycles. The monoisotopic (exact) mass is 432 g/mol. The van der Waals surface area contributed by atoms with Crippen LogP contribution in [0, 0.1) is 18.8 Å². The third-order valence-corrected chi connectivity index (χ3v) is 6.82. The van der Waals surface area contributed by atoms with Crippen LogP contribution < -0.4 is 10.2 Å². The molecule has 3 heterocycles. The third kappa shape index (κ3) is 4.95. The van der Waals surface area contributed by atoms with E-state index in [-0.39, 0.29) is 5.91 Å². The first kappa shape index (κ1) is 21.3. The number of nitrogens with zero attached hydrogens (tertiary/aromatic N) is 3. The van der Waals surface area contributed by atoms with Crippen molar-refractivity contribution in [3.05, 3.63) is 28.4 Å². The summed E-state index contributed by atoms with van der Waals surface area (Å²) in [5.74, 6) is 6.58. The van der Waals surface area contributed by atoms with Gasteiger partial charge >= 0.3 is 6.09 Å². The Kier molecular flexibility index (Phi) is 5.96. The van der Waals surface area contributed by atoms with Gasteiger partial charge in [-0.3, -0.25) is 9.48 Å². The van der Waals surface area contributed by atoms with E-state index in [4.69, 9.17) is 4.74 Å². The number of anilines is 1. The van der Waals surface area contributed by atoms with Gasteiger partial charge in [-0.15, -0.1) is 23.1 Å². The van der Waals surface area contributed by atoms with Gasteiger partial charge in [0.2, 0.25) is 0 Å². The molecular weight excluding hydrogens is 408 g/mol. The number of nitrogens with one attached hydrogen (secondary N) is 1. The molecule has 2 aromatic heterocycles. The topological polar surface area (TPSA) is 76.5 Å². The van der Waals surface area contributed by atoms with Crippen LogP contribution in [-0.2, 0) is 16.6 Å². The number of hydrogen-bond acceptors (Lipinski definition) is 6. The number of thioether (sulfide) groups is 1. The molecule has 2 amide bonds. The molecule has 29 heavy (non-hydrogen) atoms. The Bertz CT molecular complexity index is 1010. The van der Waals surface area contributed by atoms with Gasteiger partial charge in [0.05, 0.1) is 16.6 Å². The lowest BCUT2D eigenvalue weighted by molar-refractivity contribution is -0.119. The zero-order chi connectivity index (χ0) is 21.3. The number of carbonyl (C=O) groups excluding carboxylic acids is 2. The largest absolute Gasteiger partial charge is 0.444 e. The lowest BCUT2D eigenvalue weighted by Gasteiger charge is -2.24. The zero-order valence-electron chi connectivity index (χ0n) is 17.3. The average molecular weight is 433 g/mol. The minimum atomic E-state index is -0.649. The fourth-order valence-corrected chi connectivity index (χ4v) is 5.26. The predicted octanol–water partition coefficient (Wildman–Crippen LogP) is 3.15. The normalized spacial score (nSPS) is 16.6. The molecule has 0 unspecified atom stereocenters. The Morgan fingerprint density at radius 3 is 2.69 bits per heavy atom. The van der Waals surface area contributed by atoms with Crippen LogP contribution in [0.25, 0.3) is 0 Å². The molecule has 0 bridgehead atoms. The van der Waals surface area contributed by atoms with Crippen LogP contribution in [0.4, 0.5) is 9.80 Å². The summed E-state index contributed by atoms with van der Waals surface area (Å²) in [6, 6.07) is -0.649. The number of rotatable bonds is 1. The van der Waals surface area contributed by atoms with Crippen LogP contribution in [0.3, 0.4) is 0 Å². The van der Waals surface area contributed by atoms with Crippen molar-refractivity contribution in [3.63, 3.8) is 0 Å². The number of aromatic nitrogens is 2. The van der Waals surface area contributed by atoms with Crippen LogP contribution >= 0.6 is 23.1 Å². The second kappa shape index (κ2) is 8.13. The summed E-state index contributed by atoms with van der Waals surface area (Å²) in [5, 5.41) is 7.67. The maximum atomic E-state index is 12.9. The van der Waals surface area contributed by atoms with E-state index in [0.29, 0.717) is 5.75 Å². The number of aryl methyl sites for hydroxylation is 1. The Balaban J connectivity index is 1.80. The van der Waals surface area contributed by atoms with E-state index in [0.717, 1.165) is 25.9 Å². The Morgan fingerprint density at radius 1 is 1.34 bits per heavy atom. The van der Waals surface area contributed by atoms with Gasteiger partial charge in [-0.1, -0.05) is 11.8 Å². The number of alkyl carbamates (subject to hydrolysis) is 1. The van der Waals surface area contributed by atoms with E-state index < -0.39 is 17.7 Å². The molecule has 0 fully saturated rings. The van der Waals surface area contributed by atoms with E-state index in [1.54, 1.807) is 55.4 Å². The summed E-state index contributed by atoms with van der Waals surface area (Å²) < 4.78 is 7.00. The summed E-state index contributed by atoms with van der Waals surface area (Å²) in [7, 11) is 3.58. The summed E-state index contributed by atoms with van der Waals surface area (Å²) in [5.41, 5.74) is 1.27. The molecule has 0 radical (unpaired) electrons. The number of thiophene rings is 1. The van der Waals surface area contributed by atoms with Gasteiger partial charge in [0.25, 0.3) is 5.91 Å². The summed E-state index contributed by atoms with van der Waals surface area (Å²) >= 11 is 3.04. The molecule has 7 nitrogen and oxygen atoms in total. The minimum Gasteiger partial charge on any atom is -0.444 e. The van der Waals surface area contributed by atoms with E-state index in [9.17, 15) is 9.59 Å². The van der Waals surface area contributed by atoms with Gasteiger partial charge in [0.15, 0.2) is 0 Å². The highest BCUT2D eigenvalue weighted by Crippen LogP contribution is 2.43. The number of amides is 2. The predicted molar refractivity (Wildman–Crippen MR) is 116 cm³/mol. The highest BCUT2D eigenvalue weighted by molar-refractivity contribution is 7.99. The van der Waals surface area contributed by atoms with Crippen molar-refractivity contribution in [2.75, 3.05) is 17.7 Å². The highest BCUT2D eigenvalue weighted by atomic mass is 32.2. The molecule has 1 aliphatic heterocycles. The minimum absolute atomic E-state index is 0.171. The summed E-state index contributed by atoms with van der Waals surface area (Å²) in [4.78, 5) is 28.6. The van der Waals surface area contributed by atoms with Crippen molar-refractivity contribution in [2.24, 2.45) is 7.05 Å². The van der Waals surface area contributed by atoms with Gasteiger partial charge in [0, 0.05) is 30.9 Å². The van der Waals surface area contributed by atoms with Crippen LogP contribution in [0.1, 0.15) is 36.8 Å². The smallest absolute Gasteiger partial charge is 0.408 e. The molecule has 1 atom stereocenters. The van der Waals surface area contributed by atoms with Gasteiger partial charge in [0.1, 0.15) is 16.6 Å². The summed E-state index contributed by atoms with van der Waals surface area (Å²) in [6.45, 7) is 7.38. The molecule has 3 rings (SSSR count). The van der Waals surface area contributed by atoms with Crippen molar-refractivity contribution in [1.82, 2.24) is 15.1 Å². The highest BCUT2D eigenvalue weighted by Gasteiger charge is 2.33. The lowest BCUT2D eigenvalue weighted by Crippen LogP contribution is -2.49. The second-order valence-electron chi connectivity index (χ2n) is 7.75. The lowest BCUT2D eigenvalue weighted by atomic mass is 10.2. The van der Waals surface area contributed by atoms with E-state index >= 15 is 0 Å². The zero-order valence-corrected chi connectivity index (χ0v) is 19.0. The van der Waals surface area contributed by atoms with Crippen molar-refractivity contribution >= 4 is 40.1 Å². The molecular formula is C20H24N4O3S2. The molecule has 1 N–H and O–H groups in total. The molecule has 0 aromatic carbocycles. The van der Waals surface area contributed by atoms with Crippen LogP contribution in [-0.4, -0.2) is 46.2 Å². The molecule has 154 valence electrons. The number of carbonyl (C=O) groups is 2. The number of hydrogen-bond donors (Lipinski definition) is 1. The summed E-state index contributed by atoms with van der Waals surface area (Å²) in [6.07, 6.45) is 2.99. The van der Waals surface area contributed by atoms with Crippen molar-refractivity contribution in [3.8, 4) is 11.8 Å². The van der Waals surface area contributed by atoms with E-state index in [1.165, 1.54) is 11.3 Å². The first-order valence-electron chi connectivity index (χ1n) is 9.09. The van der Waals surface area contributed by atoms with Crippen LogP contribution in [0.15, 0.2) is 17.3 Å². The van der Waals surface area contributed by atoms with E-state index in [2.05, 4.69) is 22.3 Å². The van der Waals surface area contributed by atoms with Crippen molar-refractivity contribution < 1.29 is 14.3 Å². The maximum absolute atomic E-state index is 12.9. The SMILES string of the molecule is Cc1c(C#Cc2cnn(C)c2)sc2c1SC[C@H](NC(=O)OC(C)(C)C)C(=O)N2C. The standard InChI is InChI=1S/C20H24N4O3S2/c1-12-15(8-7-13-9-21-23(5)10-13)29-18-16(12)28-11-14(17(25)24(18)6)22-19(26)27-20(2,3)4/h9-10,14H,11H2,1-6H3,(H,22,26)/t14-/m0/s1. The first-order chi connectivity index (χ1) is 13.5. The van der Waals surface area contributed by atoms with Crippen LogP contribution in [0.5, 0.6) is 0 Å². The third-order valence-electron chi connectivity index (χ3n) is 4.12. The molecule has 9 heteroatoms. The molecule has 0 aliphatic carbocycles. The average Bonchev–Trinajstić information content (AvgIpc) is 3.14. The number of likely N-dealkylation sites (N-methyl/N-ethyl adjacent to an activating group) is 1. The maximum Gasteiger partial charge on any atom is 0.408 e. The molecule has 0 saturated heterocycles. The van der Waals surface area contributed by atoms with Gasteiger partial charge < -0.3 is 15.0 Å². The Labute approximate surface area is 178 Å². The van der Waals surface area contributed by atoms with E-state index in [1.807, 2.05) is 20.2 Å². The number of fused-ring (bicyclic) bond motifs is 1. The van der Waals surface area contributed by atoms with Gasteiger partial charge in [-0.25, -0.2) is 4.79 Å². The first-order valence-corrected chi connectivity index (χ1v) is 10.9. The van der Waals surface area contributed by atoms with Gasteiger partial charge in [-0.2, -0.15) is 5.10 Å². The Hall–Kier alpha value is -2.44. The van der Waals surface area contributed by atoms with Crippen molar-refractivity contribution in [1.29, 1.82) is 0 Å². The Morgan fingerprint density at radius 2 is 2.07 bits per heavy atom. The quantitative estimate of drug-likeness (QED) is 0.701. The fourth-order valence-electron chi connectivity index (χ4n) is 2.73. The molecule has 2 aromatic rings. The fraction of sp³-hybridized carbons (Fsp3) is 0.450. The molecule has 1 aliphatic rings. The van der Waals surface area contributed by atoms with Crippen LogP contribution in [0.2, 0.25) is 0 Å². The molecule has 0 spiro atoms. The van der Waals surface area contributed by atoms with Gasteiger partial charge in [-0.05, 0) is 33.3 Å². The second-order valence-corrected chi connectivity index (χ2v) is 9.78.